The van der Waals surface area contributed by atoms with Gasteiger partial charge in [0.15, 0.2) is 0 Å². The van der Waals surface area contributed by atoms with Crippen LogP contribution in [-0.4, -0.2) is 52.1 Å². The number of likely N-dealkylation sites (N-methyl/N-ethyl adjacent to an activating group) is 1. The van der Waals surface area contributed by atoms with Gasteiger partial charge in [-0.2, -0.15) is 5.10 Å². The molecule has 0 spiro atoms. The van der Waals surface area contributed by atoms with E-state index in [1.165, 1.54) is 0 Å². The second-order valence-electron chi connectivity index (χ2n) is 6.25. The molecule has 3 heterocycles. The molecule has 1 aromatic rings. The summed E-state index contributed by atoms with van der Waals surface area (Å²) in [5, 5.41) is 15.4. The lowest BCUT2D eigenvalue weighted by molar-refractivity contribution is -0.137. The smallest absolute Gasteiger partial charge is 0.0958 e. The van der Waals surface area contributed by atoms with E-state index in [2.05, 4.69) is 30.9 Å². The number of hydrogen-bond acceptors (Lipinski definition) is 4. The lowest BCUT2D eigenvalue weighted by Crippen LogP contribution is -2.59. The van der Waals surface area contributed by atoms with Crippen molar-refractivity contribution in [1.29, 1.82) is 0 Å². The highest BCUT2D eigenvalue weighted by atomic mass is 16.5. The molecule has 2 bridgehead atoms. The standard InChI is InChI=1S/C14H23N3O2/c1-10(2)17-7-11(6-15-17)14(18)4-12-8-19-9-13(5-14)16(12)3/h6-7,10,12-13,18H,4-5,8-9H2,1-3H3. The molecule has 1 aromatic heterocycles. The van der Waals surface area contributed by atoms with Gasteiger partial charge < -0.3 is 9.84 Å². The molecule has 2 saturated heterocycles. The van der Waals surface area contributed by atoms with Gasteiger partial charge in [0.25, 0.3) is 0 Å². The minimum Gasteiger partial charge on any atom is -0.385 e. The molecule has 0 radical (unpaired) electrons. The van der Waals surface area contributed by atoms with Crippen LogP contribution in [0.4, 0.5) is 0 Å². The molecule has 0 aromatic carbocycles. The average molecular weight is 265 g/mol. The Bertz CT molecular complexity index is 443. The first kappa shape index (κ1) is 13.1. The number of piperidine rings is 1. The highest BCUT2D eigenvalue weighted by Gasteiger charge is 2.46. The fraction of sp³-hybridized carbons (Fsp3) is 0.786. The minimum absolute atomic E-state index is 0.305. The second kappa shape index (κ2) is 4.58. The van der Waals surface area contributed by atoms with Crippen molar-refractivity contribution in [3.63, 3.8) is 0 Å². The SMILES string of the molecule is CC(C)n1cc(C2(O)CC3COCC(C2)N3C)cn1. The summed E-state index contributed by atoms with van der Waals surface area (Å²) in [4.78, 5) is 2.35. The van der Waals surface area contributed by atoms with Crippen LogP contribution in [0.15, 0.2) is 12.4 Å². The molecule has 2 fully saturated rings. The van der Waals surface area contributed by atoms with Crippen molar-refractivity contribution in [3.05, 3.63) is 18.0 Å². The summed E-state index contributed by atoms with van der Waals surface area (Å²) < 4.78 is 7.52. The largest absolute Gasteiger partial charge is 0.385 e. The Balaban J connectivity index is 1.86. The molecule has 1 N–H and O–H groups in total. The van der Waals surface area contributed by atoms with Crippen LogP contribution >= 0.6 is 0 Å². The third kappa shape index (κ3) is 2.20. The zero-order valence-corrected chi connectivity index (χ0v) is 11.9. The Kier molecular flexibility index (Phi) is 3.15. The normalized spacial score (nSPS) is 35.8. The fourth-order valence-electron chi connectivity index (χ4n) is 3.24. The van der Waals surface area contributed by atoms with E-state index in [4.69, 9.17) is 4.74 Å². The number of fused-ring (bicyclic) bond motifs is 2. The molecule has 106 valence electrons. The maximum absolute atomic E-state index is 11.0. The lowest BCUT2D eigenvalue weighted by atomic mass is 9.78. The Morgan fingerprint density at radius 2 is 2.00 bits per heavy atom. The van der Waals surface area contributed by atoms with Crippen LogP contribution in [0.3, 0.4) is 0 Å². The quantitative estimate of drug-likeness (QED) is 0.871. The molecular weight excluding hydrogens is 242 g/mol. The number of morpholine rings is 1. The Hall–Kier alpha value is -0.910. The number of aliphatic hydroxyl groups is 1. The van der Waals surface area contributed by atoms with E-state index in [0.717, 1.165) is 18.4 Å². The van der Waals surface area contributed by atoms with Gasteiger partial charge in [-0.1, -0.05) is 0 Å². The van der Waals surface area contributed by atoms with Gasteiger partial charge in [-0.15, -0.1) is 0 Å². The molecule has 2 unspecified atom stereocenters. The molecule has 0 saturated carbocycles. The first-order chi connectivity index (χ1) is 8.99. The minimum atomic E-state index is -0.751. The predicted molar refractivity (Wildman–Crippen MR) is 71.9 cm³/mol. The van der Waals surface area contributed by atoms with Crippen molar-refractivity contribution in [2.24, 2.45) is 0 Å². The van der Waals surface area contributed by atoms with Gasteiger partial charge in [0.1, 0.15) is 0 Å². The van der Waals surface area contributed by atoms with Gasteiger partial charge in [-0.05, 0) is 33.7 Å². The van der Waals surface area contributed by atoms with Gasteiger partial charge in [-0.3, -0.25) is 9.58 Å². The van der Waals surface area contributed by atoms with Crippen molar-refractivity contribution < 1.29 is 9.84 Å². The van der Waals surface area contributed by atoms with Gasteiger partial charge in [0, 0.05) is 29.9 Å². The van der Waals surface area contributed by atoms with Gasteiger partial charge >= 0.3 is 0 Å². The zero-order chi connectivity index (χ0) is 13.6. The van der Waals surface area contributed by atoms with E-state index < -0.39 is 5.60 Å². The van der Waals surface area contributed by atoms with Gasteiger partial charge in [0.2, 0.25) is 0 Å². The van der Waals surface area contributed by atoms with E-state index in [1.807, 2.05) is 17.1 Å². The highest BCUT2D eigenvalue weighted by molar-refractivity contribution is 5.19. The van der Waals surface area contributed by atoms with E-state index in [1.54, 1.807) is 0 Å². The van der Waals surface area contributed by atoms with Crippen molar-refractivity contribution in [1.82, 2.24) is 14.7 Å². The molecular formula is C14H23N3O2. The summed E-state index contributed by atoms with van der Waals surface area (Å²) in [6.07, 6.45) is 5.27. The number of nitrogens with zero attached hydrogens (tertiary/aromatic N) is 3. The summed E-state index contributed by atoms with van der Waals surface area (Å²) >= 11 is 0. The van der Waals surface area contributed by atoms with Crippen molar-refractivity contribution in [3.8, 4) is 0 Å². The lowest BCUT2D eigenvalue weighted by Gasteiger charge is -2.50. The number of ether oxygens (including phenoxy) is 1. The van der Waals surface area contributed by atoms with Gasteiger partial charge in [-0.25, -0.2) is 0 Å². The Morgan fingerprint density at radius 1 is 1.37 bits per heavy atom. The average Bonchev–Trinajstić information content (AvgIpc) is 2.81. The molecule has 19 heavy (non-hydrogen) atoms. The molecule has 0 aliphatic carbocycles. The second-order valence-corrected chi connectivity index (χ2v) is 6.25. The highest BCUT2D eigenvalue weighted by Crippen LogP contribution is 2.40. The van der Waals surface area contributed by atoms with E-state index >= 15 is 0 Å². The molecule has 5 nitrogen and oxygen atoms in total. The molecule has 3 rings (SSSR count). The van der Waals surface area contributed by atoms with Crippen molar-refractivity contribution in [2.75, 3.05) is 20.3 Å². The maximum Gasteiger partial charge on any atom is 0.0958 e. The van der Waals surface area contributed by atoms with Gasteiger partial charge in [0.05, 0.1) is 25.0 Å². The summed E-state index contributed by atoms with van der Waals surface area (Å²) in [5.41, 5.74) is 0.199. The number of rotatable bonds is 2. The summed E-state index contributed by atoms with van der Waals surface area (Å²) in [7, 11) is 2.13. The van der Waals surface area contributed by atoms with Crippen LogP contribution in [-0.2, 0) is 10.3 Å². The zero-order valence-electron chi connectivity index (χ0n) is 11.9. The van der Waals surface area contributed by atoms with E-state index in [-0.39, 0.29) is 0 Å². The first-order valence-corrected chi connectivity index (χ1v) is 7.06. The third-order valence-electron chi connectivity index (χ3n) is 4.59. The van der Waals surface area contributed by atoms with Crippen LogP contribution < -0.4 is 0 Å². The molecule has 5 heteroatoms. The fourth-order valence-corrected chi connectivity index (χ4v) is 3.24. The van der Waals surface area contributed by atoms with Crippen molar-refractivity contribution in [2.45, 2.75) is 50.4 Å². The van der Waals surface area contributed by atoms with E-state index in [9.17, 15) is 5.11 Å². The van der Waals surface area contributed by atoms with Crippen molar-refractivity contribution >= 4 is 0 Å². The molecule has 2 aliphatic heterocycles. The maximum atomic E-state index is 11.0. The summed E-state index contributed by atoms with van der Waals surface area (Å²) in [6, 6.07) is 0.936. The van der Waals surface area contributed by atoms with Crippen LogP contribution in [0.5, 0.6) is 0 Å². The Labute approximate surface area is 114 Å². The van der Waals surface area contributed by atoms with Crippen LogP contribution in [0.2, 0.25) is 0 Å². The monoisotopic (exact) mass is 265 g/mol. The van der Waals surface area contributed by atoms with Crippen LogP contribution in [0.1, 0.15) is 38.3 Å². The first-order valence-electron chi connectivity index (χ1n) is 7.06. The molecule has 2 aliphatic rings. The topological polar surface area (TPSA) is 50.5 Å². The number of aromatic nitrogens is 2. The predicted octanol–water partition coefficient (Wildman–Crippen LogP) is 1.14. The van der Waals surface area contributed by atoms with Crippen LogP contribution in [0, 0.1) is 0 Å². The molecule has 0 amide bonds. The number of hydrogen-bond donors (Lipinski definition) is 1. The molecule has 2 atom stereocenters. The third-order valence-corrected chi connectivity index (χ3v) is 4.59. The summed E-state index contributed by atoms with van der Waals surface area (Å²) in [5.74, 6) is 0. The van der Waals surface area contributed by atoms with E-state index in [0.29, 0.717) is 31.3 Å². The van der Waals surface area contributed by atoms with Crippen LogP contribution in [0.25, 0.3) is 0 Å². The summed E-state index contributed by atoms with van der Waals surface area (Å²) in [6.45, 7) is 5.62. The Morgan fingerprint density at radius 3 is 2.53 bits per heavy atom.